The predicted octanol–water partition coefficient (Wildman–Crippen LogP) is 3.23. The number of pyridine rings is 1. The Hall–Kier alpha value is -2.14. The number of hydrogen-bond acceptors (Lipinski definition) is 3. The molecular formula is C17H21N3O2. The average Bonchev–Trinajstić information content (AvgIpc) is 2.94. The van der Waals surface area contributed by atoms with Crippen LogP contribution in [0.1, 0.15) is 24.8 Å². The molecule has 1 saturated carbocycles. The van der Waals surface area contributed by atoms with Gasteiger partial charge in [0.25, 0.3) is 0 Å². The lowest BCUT2D eigenvalue weighted by atomic mass is 10.1. The molecule has 1 aromatic heterocycles. The van der Waals surface area contributed by atoms with Crippen molar-refractivity contribution in [2.75, 3.05) is 12.4 Å². The highest BCUT2D eigenvalue weighted by Gasteiger charge is 2.25. The number of methoxy groups -OCH3 is 1. The third kappa shape index (κ3) is 3.20. The monoisotopic (exact) mass is 299 g/mol. The Morgan fingerprint density at radius 3 is 3.00 bits per heavy atom. The summed E-state index contributed by atoms with van der Waals surface area (Å²) in [5, 5.41) is 6.98. The molecule has 116 valence electrons. The molecule has 2 amide bonds. The van der Waals surface area contributed by atoms with Gasteiger partial charge in [-0.1, -0.05) is 6.07 Å². The molecule has 3 rings (SSSR count). The van der Waals surface area contributed by atoms with Crippen LogP contribution in [-0.4, -0.2) is 30.3 Å². The van der Waals surface area contributed by atoms with E-state index in [1.54, 1.807) is 13.3 Å². The SMILES string of the molecule is CO[C@H]1CC[C@@H](NC(=O)Nc2cc(C)cc3cccnc23)C1. The highest BCUT2D eigenvalue weighted by Crippen LogP contribution is 2.24. The molecule has 2 N–H and O–H groups in total. The minimum Gasteiger partial charge on any atom is -0.381 e. The number of rotatable bonds is 3. The van der Waals surface area contributed by atoms with Crippen LogP contribution in [0.3, 0.4) is 0 Å². The van der Waals surface area contributed by atoms with E-state index in [2.05, 4.69) is 21.7 Å². The number of urea groups is 1. The van der Waals surface area contributed by atoms with Gasteiger partial charge in [-0.05, 0) is 49.9 Å². The number of anilines is 1. The lowest BCUT2D eigenvalue weighted by molar-refractivity contribution is 0.107. The topological polar surface area (TPSA) is 63.2 Å². The van der Waals surface area contributed by atoms with Crippen LogP contribution in [0.4, 0.5) is 10.5 Å². The number of hydrogen-bond donors (Lipinski definition) is 2. The van der Waals surface area contributed by atoms with Gasteiger partial charge in [0, 0.05) is 24.7 Å². The quantitative estimate of drug-likeness (QED) is 0.914. The Kier molecular flexibility index (Phi) is 4.24. The second-order valence-electron chi connectivity index (χ2n) is 5.85. The number of carbonyl (C=O) groups is 1. The van der Waals surface area contributed by atoms with Crippen molar-refractivity contribution in [1.82, 2.24) is 10.3 Å². The minimum atomic E-state index is -0.181. The van der Waals surface area contributed by atoms with E-state index in [-0.39, 0.29) is 18.2 Å². The van der Waals surface area contributed by atoms with Gasteiger partial charge >= 0.3 is 6.03 Å². The summed E-state index contributed by atoms with van der Waals surface area (Å²) in [6, 6.07) is 7.90. The van der Waals surface area contributed by atoms with Crippen LogP contribution in [0.25, 0.3) is 10.9 Å². The lowest BCUT2D eigenvalue weighted by Gasteiger charge is -2.15. The zero-order valence-corrected chi connectivity index (χ0v) is 12.9. The third-order valence-electron chi connectivity index (χ3n) is 4.15. The number of aromatic nitrogens is 1. The van der Waals surface area contributed by atoms with Crippen molar-refractivity contribution < 1.29 is 9.53 Å². The fourth-order valence-corrected chi connectivity index (χ4v) is 3.07. The smallest absolute Gasteiger partial charge is 0.319 e. The van der Waals surface area contributed by atoms with Gasteiger partial charge in [-0.3, -0.25) is 4.98 Å². The summed E-state index contributed by atoms with van der Waals surface area (Å²) >= 11 is 0. The average molecular weight is 299 g/mol. The molecule has 1 aromatic carbocycles. The summed E-state index contributed by atoms with van der Waals surface area (Å²) < 4.78 is 5.33. The van der Waals surface area contributed by atoms with Crippen LogP contribution in [0.5, 0.6) is 0 Å². The summed E-state index contributed by atoms with van der Waals surface area (Å²) in [6.45, 7) is 2.01. The molecule has 5 heteroatoms. The first-order chi connectivity index (χ1) is 10.7. The van der Waals surface area contributed by atoms with Gasteiger partial charge < -0.3 is 15.4 Å². The van der Waals surface area contributed by atoms with Gasteiger partial charge in [0.2, 0.25) is 0 Å². The highest BCUT2D eigenvalue weighted by molar-refractivity contribution is 6.00. The van der Waals surface area contributed by atoms with Crippen molar-refractivity contribution >= 4 is 22.6 Å². The second kappa shape index (κ2) is 6.32. The molecule has 0 radical (unpaired) electrons. The molecular weight excluding hydrogens is 278 g/mol. The van der Waals surface area contributed by atoms with Gasteiger partial charge in [0.15, 0.2) is 0 Å². The number of fused-ring (bicyclic) bond motifs is 1. The van der Waals surface area contributed by atoms with Crippen molar-refractivity contribution in [3.63, 3.8) is 0 Å². The van der Waals surface area contributed by atoms with Crippen LogP contribution in [0.15, 0.2) is 30.5 Å². The van der Waals surface area contributed by atoms with E-state index in [1.165, 1.54) is 0 Å². The van der Waals surface area contributed by atoms with Crippen molar-refractivity contribution in [1.29, 1.82) is 0 Å². The van der Waals surface area contributed by atoms with Gasteiger partial charge in [-0.2, -0.15) is 0 Å². The zero-order chi connectivity index (χ0) is 15.5. The fourth-order valence-electron chi connectivity index (χ4n) is 3.07. The first-order valence-corrected chi connectivity index (χ1v) is 7.61. The van der Waals surface area contributed by atoms with Crippen LogP contribution in [0, 0.1) is 6.92 Å². The van der Waals surface area contributed by atoms with E-state index in [9.17, 15) is 4.79 Å². The molecule has 2 aromatic rings. The first kappa shape index (κ1) is 14.8. The summed E-state index contributed by atoms with van der Waals surface area (Å²) in [5.41, 5.74) is 2.65. The van der Waals surface area contributed by atoms with E-state index in [4.69, 9.17) is 4.74 Å². The number of carbonyl (C=O) groups excluding carboxylic acids is 1. The Labute approximate surface area is 130 Å². The number of nitrogens with zero attached hydrogens (tertiary/aromatic N) is 1. The molecule has 0 unspecified atom stereocenters. The summed E-state index contributed by atoms with van der Waals surface area (Å²) in [4.78, 5) is 16.6. The van der Waals surface area contributed by atoms with E-state index >= 15 is 0 Å². The number of nitrogens with one attached hydrogen (secondary N) is 2. The lowest BCUT2D eigenvalue weighted by Crippen LogP contribution is -2.36. The largest absolute Gasteiger partial charge is 0.381 e. The second-order valence-corrected chi connectivity index (χ2v) is 5.85. The van der Waals surface area contributed by atoms with E-state index in [0.29, 0.717) is 0 Å². The molecule has 0 aliphatic heterocycles. The molecule has 0 spiro atoms. The first-order valence-electron chi connectivity index (χ1n) is 7.61. The summed E-state index contributed by atoms with van der Waals surface area (Å²) in [6.07, 6.45) is 4.82. The molecule has 5 nitrogen and oxygen atoms in total. The Bertz CT molecular complexity index is 687. The van der Waals surface area contributed by atoms with Gasteiger partial charge in [-0.15, -0.1) is 0 Å². The zero-order valence-electron chi connectivity index (χ0n) is 12.9. The maximum Gasteiger partial charge on any atom is 0.319 e. The standard InChI is InChI=1S/C17H21N3O2/c1-11-8-12-4-3-7-18-16(12)15(9-11)20-17(21)19-13-5-6-14(10-13)22-2/h3-4,7-9,13-14H,5-6,10H2,1-2H3,(H2,19,20,21)/t13-,14+/m1/s1. The van der Waals surface area contributed by atoms with E-state index in [0.717, 1.165) is 41.4 Å². The maximum absolute atomic E-state index is 12.2. The Morgan fingerprint density at radius 2 is 2.23 bits per heavy atom. The van der Waals surface area contributed by atoms with E-state index < -0.39 is 0 Å². The van der Waals surface area contributed by atoms with Gasteiger partial charge in [0.05, 0.1) is 17.3 Å². The van der Waals surface area contributed by atoms with Gasteiger partial charge in [-0.25, -0.2) is 4.79 Å². The molecule has 1 aliphatic carbocycles. The molecule has 2 atom stereocenters. The summed E-state index contributed by atoms with van der Waals surface area (Å²) in [5.74, 6) is 0. The maximum atomic E-state index is 12.2. The Balaban J connectivity index is 1.72. The Morgan fingerprint density at radius 1 is 1.36 bits per heavy atom. The normalized spacial score (nSPS) is 21.0. The summed E-state index contributed by atoms with van der Waals surface area (Å²) in [7, 11) is 1.72. The highest BCUT2D eigenvalue weighted by atomic mass is 16.5. The molecule has 0 bridgehead atoms. The fraction of sp³-hybridized carbons (Fsp3) is 0.412. The third-order valence-corrected chi connectivity index (χ3v) is 4.15. The van der Waals surface area contributed by atoms with Crippen molar-refractivity contribution in [2.45, 2.75) is 38.3 Å². The van der Waals surface area contributed by atoms with Crippen molar-refractivity contribution in [3.05, 3.63) is 36.0 Å². The number of aryl methyl sites for hydroxylation is 1. The molecule has 1 aliphatic rings. The molecule has 1 heterocycles. The van der Waals surface area contributed by atoms with Crippen LogP contribution in [-0.2, 0) is 4.74 Å². The van der Waals surface area contributed by atoms with Crippen molar-refractivity contribution in [3.8, 4) is 0 Å². The minimum absolute atomic E-state index is 0.175. The van der Waals surface area contributed by atoms with E-state index in [1.807, 2.05) is 25.1 Å². The van der Waals surface area contributed by atoms with Crippen LogP contribution in [0.2, 0.25) is 0 Å². The molecule has 0 saturated heterocycles. The molecule has 1 fully saturated rings. The number of ether oxygens (including phenoxy) is 1. The van der Waals surface area contributed by atoms with Crippen LogP contribution >= 0.6 is 0 Å². The van der Waals surface area contributed by atoms with Crippen LogP contribution < -0.4 is 10.6 Å². The predicted molar refractivity (Wildman–Crippen MR) is 87.1 cm³/mol. The van der Waals surface area contributed by atoms with Gasteiger partial charge in [0.1, 0.15) is 0 Å². The van der Waals surface area contributed by atoms with Crippen molar-refractivity contribution in [2.24, 2.45) is 0 Å². The number of benzene rings is 1. The molecule has 22 heavy (non-hydrogen) atoms. The number of amides is 2.